The Hall–Kier alpha value is -2.40. The first-order valence-corrected chi connectivity index (χ1v) is 11.7. The molecule has 0 radical (unpaired) electrons. The van der Waals surface area contributed by atoms with Crippen LogP contribution in [0.4, 0.5) is 13.2 Å². The highest BCUT2D eigenvalue weighted by molar-refractivity contribution is 9.10. The van der Waals surface area contributed by atoms with Gasteiger partial charge in [-0.15, -0.1) is 0 Å². The van der Waals surface area contributed by atoms with E-state index in [1.807, 2.05) is 13.8 Å². The largest absolute Gasteiger partial charge is 0.435 e. The molecule has 1 fully saturated rings. The molecule has 7 nitrogen and oxygen atoms in total. The molecule has 34 heavy (non-hydrogen) atoms. The van der Waals surface area contributed by atoms with Crippen molar-refractivity contribution in [1.29, 1.82) is 0 Å². The Balaban J connectivity index is 1.64. The third kappa shape index (κ3) is 4.35. The van der Waals surface area contributed by atoms with E-state index in [1.54, 1.807) is 13.0 Å². The van der Waals surface area contributed by atoms with Crippen LogP contribution in [-0.4, -0.2) is 51.6 Å². The first-order chi connectivity index (χ1) is 15.9. The molecule has 2 aliphatic heterocycles. The number of likely N-dealkylation sites (tertiary alicyclic amines) is 1. The second kappa shape index (κ2) is 8.99. The Morgan fingerprint density at radius 1 is 1.29 bits per heavy atom. The van der Waals surface area contributed by atoms with Gasteiger partial charge in [0.2, 0.25) is 5.91 Å². The van der Waals surface area contributed by atoms with Crippen molar-refractivity contribution < 1.29 is 32.4 Å². The molecule has 1 N–H and O–H groups in total. The molecule has 1 amide bonds. The summed E-state index contributed by atoms with van der Waals surface area (Å²) in [4.78, 5) is 20.1. The third-order valence-corrected chi connectivity index (χ3v) is 6.88. The van der Waals surface area contributed by atoms with E-state index in [4.69, 9.17) is 9.36 Å². The highest BCUT2D eigenvalue weighted by Gasteiger charge is 2.63. The van der Waals surface area contributed by atoms with Crippen molar-refractivity contribution in [2.24, 2.45) is 11.1 Å². The topological polar surface area (TPSA) is 88.2 Å². The van der Waals surface area contributed by atoms with Gasteiger partial charge in [-0.1, -0.05) is 52.2 Å². The quantitative estimate of drug-likeness (QED) is 0.591. The van der Waals surface area contributed by atoms with E-state index in [0.717, 1.165) is 0 Å². The van der Waals surface area contributed by atoms with Gasteiger partial charge >= 0.3 is 6.18 Å². The molecule has 0 aliphatic carbocycles. The molecule has 2 aromatic rings. The Labute approximate surface area is 203 Å². The molecule has 11 heteroatoms. The zero-order valence-electron chi connectivity index (χ0n) is 18.8. The molecule has 184 valence electrons. The minimum Gasteiger partial charge on any atom is -0.391 e. The van der Waals surface area contributed by atoms with Crippen molar-refractivity contribution in [2.45, 2.75) is 63.5 Å². The lowest BCUT2D eigenvalue weighted by molar-refractivity contribution is -0.275. The Morgan fingerprint density at radius 3 is 2.53 bits per heavy atom. The number of carbonyl (C=O) groups is 1. The molecule has 4 atom stereocenters. The normalized spacial score (nSPS) is 26.0. The summed E-state index contributed by atoms with van der Waals surface area (Å²) in [6, 6.07) is 6.53. The molecule has 1 saturated heterocycles. The predicted octanol–water partition coefficient (Wildman–Crippen LogP) is 4.68. The van der Waals surface area contributed by atoms with Crippen LogP contribution in [-0.2, 0) is 15.2 Å². The summed E-state index contributed by atoms with van der Waals surface area (Å²) in [5, 5.41) is 18.0. The zero-order chi connectivity index (χ0) is 24.8. The fourth-order valence-corrected chi connectivity index (χ4v) is 4.91. The van der Waals surface area contributed by atoms with Gasteiger partial charge in [0.15, 0.2) is 0 Å². The molecular weight excluding hydrogens is 519 g/mol. The highest BCUT2D eigenvalue weighted by Crippen LogP contribution is 2.49. The van der Waals surface area contributed by atoms with Crippen molar-refractivity contribution in [2.75, 3.05) is 6.54 Å². The van der Waals surface area contributed by atoms with Gasteiger partial charge in [-0.25, -0.2) is 0 Å². The fourth-order valence-electron chi connectivity index (χ4n) is 4.64. The molecule has 2 aliphatic rings. The van der Waals surface area contributed by atoms with Gasteiger partial charge in [0.05, 0.1) is 23.6 Å². The monoisotopic (exact) mass is 543 g/mol. The average Bonchev–Trinajstić information content (AvgIpc) is 3.46. The smallest absolute Gasteiger partial charge is 0.391 e. The van der Waals surface area contributed by atoms with Crippen molar-refractivity contribution in [1.82, 2.24) is 10.1 Å². The summed E-state index contributed by atoms with van der Waals surface area (Å²) in [5.41, 5.74) is -2.06. The number of rotatable bonds is 5. The number of aryl methyl sites for hydroxylation is 1. The summed E-state index contributed by atoms with van der Waals surface area (Å²) < 4.78 is 48.8. The number of β-amino-alcohol motifs (C(OH)–C–C–N with tert-alkyl or cyclic N) is 1. The van der Waals surface area contributed by atoms with E-state index in [1.165, 1.54) is 29.2 Å². The van der Waals surface area contributed by atoms with Gasteiger partial charge in [0.25, 0.3) is 5.60 Å². The van der Waals surface area contributed by atoms with Gasteiger partial charge in [0.1, 0.15) is 11.7 Å². The van der Waals surface area contributed by atoms with Crippen LogP contribution in [0.1, 0.15) is 49.6 Å². The fraction of sp³-hybridized carbons (Fsp3) is 0.522. The lowest BCUT2D eigenvalue weighted by Gasteiger charge is -2.31. The number of halogens is 4. The molecular formula is C23H25BrF3N3O4. The molecule has 0 bridgehead atoms. The Kier molecular flexibility index (Phi) is 6.54. The number of carbonyl (C=O) groups excluding carboxylic acids is 1. The van der Waals surface area contributed by atoms with Crippen LogP contribution in [0.15, 0.2) is 44.5 Å². The molecule has 1 aromatic carbocycles. The van der Waals surface area contributed by atoms with E-state index in [9.17, 15) is 23.1 Å². The summed E-state index contributed by atoms with van der Waals surface area (Å²) in [5.74, 6) is -0.849. The van der Waals surface area contributed by atoms with Crippen molar-refractivity contribution in [3.63, 3.8) is 0 Å². The van der Waals surface area contributed by atoms with Crippen LogP contribution >= 0.6 is 15.9 Å². The number of alkyl halides is 3. The van der Waals surface area contributed by atoms with E-state index in [2.05, 4.69) is 26.2 Å². The zero-order valence-corrected chi connectivity index (χ0v) is 20.4. The first kappa shape index (κ1) is 24.7. The van der Waals surface area contributed by atoms with E-state index in [-0.39, 0.29) is 36.1 Å². The standard InChI is InChI=1S/C23H25BrF3N3O4/c1-12(2)20(19-8-13(3)28-33-19)21(32)30-11-16(31)9-18(30)17-10-22(34-29-17,23(25,26)27)14-4-6-15(24)7-5-14/h4-8,12,16,18,20,31H,9-11H2,1-3H3/t16-,18+,20+,22+/m1/s1. The van der Waals surface area contributed by atoms with E-state index < -0.39 is 36.3 Å². The van der Waals surface area contributed by atoms with Crippen LogP contribution < -0.4 is 0 Å². The minimum absolute atomic E-state index is 0.0177. The second-order valence-electron chi connectivity index (χ2n) is 9.17. The average molecular weight is 544 g/mol. The van der Waals surface area contributed by atoms with Crippen molar-refractivity contribution in [3.8, 4) is 0 Å². The van der Waals surface area contributed by atoms with Crippen molar-refractivity contribution in [3.05, 3.63) is 51.8 Å². The second-order valence-corrected chi connectivity index (χ2v) is 10.1. The molecule has 0 saturated carbocycles. The first-order valence-electron chi connectivity index (χ1n) is 10.9. The van der Waals surface area contributed by atoms with Gasteiger partial charge in [-0.2, -0.15) is 13.2 Å². The number of hydrogen-bond acceptors (Lipinski definition) is 6. The number of aromatic nitrogens is 1. The molecule has 4 rings (SSSR count). The van der Waals surface area contributed by atoms with Gasteiger partial charge in [0, 0.05) is 35.5 Å². The molecule has 3 heterocycles. The van der Waals surface area contributed by atoms with Crippen LogP contribution in [0.25, 0.3) is 0 Å². The molecule has 0 unspecified atom stereocenters. The summed E-state index contributed by atoms with van der Waals surface area (Å²) in [7, 11) is 0. The van der Waals surface area contributed by atoms with Crippen LogP contribution in [0.2, 0.25) is 0 Å². The number of benzene rings is 1. The maximum atomic E-state index is 14.3. The van der Waals surface area contributed by atoms with E-state index >= 15 is 0 Å². The summed E-state index contributed by atoms with van der Waals surface area (Å²) >= 11 is 3.23. The lowest BCUT2D eigenvalue weighted by atomic mass is 9.85. The Morgan fingerprint density at radius 2 is 1.97 bits per heavy atom. The summed E-state index contributed by atoms with van der Waals surface area (Å²) in [6.07, 6.45) is -6.15. The van der Waals surface area contributed by atoms with Crippen molar-refractivity contribution >= 4 is 27.5 Å². The number of aliphatic hydroxyl groups is 1. The maximum Gasteiger partial charge on any atom is 0.435 e. The van der Waals surface area contributed by atoms with Gasteiger partial charge in [-0.05, 0) is 25.0 Å². The number of amides is 1. The summed E-state index contributed by atoms with van der Waals surface area (Å²) in [6.45, 7) is 5.41. The number of hydrogen-bond donors (Lipinski definition) is 1. The van der Waals surface area contributed by atoms with E-state index in [0.29, 0.717) is 15.9 Å². The SMILES string of the molecule is Cc1cc([C@@H](C(=O)N2C[C@H](O)C[C@H]2C2=NO[C@@](c3ccc(Br)cc3)(C(F)(F)F)C2)C(C)C)on1. The molecule has 0 spiro atoms. The van der Waals surface area contributed by atoms with Crippen LogP contribution in [0, 0.1) is 12.8 Å². The van der Waals surface area contributed by atoms with Gasteiger partial charge < -0.3 is 19.4 Å². The molecule has 1 aromatic heterocycles. The highest BCUT2D eigenvalue weighted by atomic mass is 79.9. The number of oxime groups is 1. The third-order valence-electron chi connectivity index (χ3n) is 6.35. The number of aliphatic hydroxyl groups excluding tert-OH is 1. The maximum absolute atomic E-state index is 14.3. The predicted molar refractivity (Wildman–Crippen MR) is 120 cm³/mol. The number of nitrogens with zero attached hydrogens (tertiary/aromatic N) is 3. The van der Waals surface area contributed by atoms with Crippen LogP contribution in [0.3, 0.4) is 0 Å². The Bertz CT molecular complexity index is 1090. The lowest BCUT2D eigenvalue weighted by Crippen LogP contribution is -2.47. The van der Waals surface area contributed by atoms with Gasteiger partial charge in [-0.3, -0.25) is 4.79 Å². The van der Waals surface area contributed by atoms with Crippen LogP contribution in [0.5, 0.6) is 0 Å². The minimum atomic E-state index is -4.75.